The molecule has 0 aromatic rings. The zero-order valence-corrected chi connectivity index (χ0v) is 3.16. The predicted molar refractivity (Wildman–Crippen MR) is 23.7 cm³/mol. The summed E-state index contributed by atoms with van der Waals surface area (Å²) >= 11 is -0.252. The van der Waals surface area contributed by atoms with Crippen LogP contribution in [0.1, 0.15) is 0 Å². The molecule has 0 atom stereocenters. The van der Waals surface area contributed by atoms with Crippen molar-refractivity contribution in [3.05, 3.63) is 0 Å². The minimum absolute atomic E-state index is 0. The molecule has 2 nitrogen and oxygen atoms in total. The first-order valence-corrected chi connectivity index (χ1v) is 1.50. The van der Waals surface area contributed by atoms with Crippen LogP contribution in [0.25, 0.3) is 0 Å². The Morgan fingerprint density at radius 2 is 2.00 bits per heavy atom. The Balaban J connectivity index is 0. The molecule has 4 heteroatoms. The molecule has 0 radical (unpaired) electrons. The average molecular weight is 120 g/mol. The number of rotatable bonds is 1. The molecular weight excluding hydrogens is 115 g/mol. The Morgan fingerprint density at radius 1 is 1.80 bits per heavy atom. The van der Waals surface area contributed by atoms with Crippen LogP contribution in [-0.4, -0.2) is 62.7 Å². The first-order valence-electron chi connectivity index (χ1n) is 0.773. The van der Waals surface area contributed by atoms with Gasteiger partial charge in [-0.2, -0.15) is 0 Å². The minimum atomic E-state index is -0.252. The van der Waals surface area contributed by atoms with Crippen LogP contribution >= 0.6 is 0 Å². The summed E-state index contributed by atoms with van der Waals surface area (Å²) in [5.74, 6) is 0. The van der Waals surface area contributed by atoms with Gasteiger partial charge in [0.05, 0.1) is 7.11 Å². The van der Waals surface area contributed by atoms with E-state index in [4.69, 9.17) is 4.21 Å². The number of thiol groups is 1. The second kappa shape index (κ2) is 9.22. The van der Waals surface area contributed by atoms with Gasteiger partial charge in [-0.05, 0) is 0 Å². The molecule has 0 aliphatic rings. The molecule has 0 spiro atoms. The van der Waals surface area contributed by atoms with Crippen molar-refractivity contribution in [2.24, 2.45) is 0 Å². The molecule has 0 aliphatic heterocycles. The van der Waals surface area contributed by atoms with E-state index in [0.29, 0.717) is 0 Å². The summed E-state index contributed by atoms with van der Waals surface area (Å²) < 4.78 is 13.0. The molecule has 28 valence electrons. The van der Waals surface area contributed by atoms with Crippen molar-refractivity contribution in [3.8, 4) is 0 Å². The van der Waals surface area contributed by atoms with Crippen molar-refractivity contribution < 1.29 is 8.39 Å². The molecular formula is CH5KO2S. The number of hydrogen-bond acceptors (Lipinski definition) is 2. The fourth-order valence-electron chi connectivity index (χ4n) is 0. The third kappa shape index (κ3) is 10.7. The third-order valence-electron chi connectivity index (χ3n) is 0.0745. The predicted octanol–water partition coefficient (Wildman–Crippen LogP) is -1.16. The summed E-state index contributed by atoms with van der Waals surface area (Å²) in [6, 6.07) is 0. The van der Waals surface area contributed by atoms with Gasteiger partial charge in [-0.25, -0.2) is 4.21 Å². The van der Waals surface area contributed by atoms with E-state index in [1.54, 1.807) is 0 Å². The van der Waals surface area contributed by atoms with Crippen LogP contribution in [0.3, 0.4) is 0 Å². The van der Waals surface area contributed by atoms with Crippen LogP contribution in [0, 0.1) is 0 Å². The van der Waals surface area contributed by atoms with Crippen LogP contribution in [-0.2, 0) is 16.1 Å². The van der Waals surface area contributed by atoms with Crippen LogP contribution in [0.5, 0.6) is 0 Å². The topological polar surface area (TPSA) is 26.3 Å². The van der Waals surface area contributed by atoms with E-state index >= 15 is 0 Å². The van der Waals surface area contributed by atoms with E-state index in [1.165, 1.54) is 7.11 Å². The maximum atomic E-state index is 9.05. The molecule has 0 amide bonds. The van der Waals surface area contributed by atoms with Crippen molar-refractivity contribution in [2.45, 2.75) is 0 Å². The second-order valence-corrected chi connectivity index (χ2v) is 0.771. The summed E-state index contributed by atoms with van der Waals surface area (Å²) in [4.78, 5) is 0. The molecule has 0 aromatic carbocycles. The van der Waals surface area contributed by atoms with E-state index in [-0.39, 0.29) is 63.3 Å². The van der Waals surface area contributed by atoms with Crippen molar-refractivity contribution in [3.63, 3.8) is 0 Å². The van der Waals surface area contributed by atoms with E-state index in [1.807, 2.05) is 0 Å². The van der Waals surface area contributed by atoms with Crippen LogP contribution in [0.2, 0.25) is 0 Å². The molecule has 0 aromatic heterocycles. The maximum absolute atomic E-state index is 9.05. The standard InChI is InChI=1S/CH4O2S.K.H/c1-3-4-2;;/h4H,1H3;;. The summed E-state index contributed by atoms with van der Waals surface area (Å²) in [5.41, 5.74) is 0. The van der Waals surface area contributed by atoms with Gasteiger partial charge in [0, 0.05) is 0 Å². The van der Waals surface area contributed by atoms with E-state index in [2.05, 4.69) is 4.18 Å². The van der Waals surface area contributed by atoms with Gasteiger partial charge in [0.1, 0.15) is 11.9 Å². The second-order valence-electron chi connectivity index (χ2n) is 0.257. The van der Waals surface area contributed by atoms with Crippen molar-refractivity contribution in [1.82, 2.24) is 0 Å². The Hall–Kier alpha value is 1.75. The molecule has 0 N–H and O–H groups in total. The molecule has 5 heavy (non-hydrogen) atoms. The van der Waals surface area contributed by atoms with Gasteiger partial charge in [-0.15, -0.1) is 0 Å². The Kier molecular flexibility index (Phi) is 18.2. The fraction of sp³-hybridized carbons (Fsp3) is 1.00. The molecule has 0 unspecified atom stereocenters. The van der Waals surface area contributed by atoms with E-state index in [9.17, 15) is 0 Å². The van der Waals surface area contributed by atoms with E-state index in [0.717, 1.165) is 0 Å². The first kappa shape index (κ1) is 9.89. The van der Waals surface area contributed by atoms with Gasteiger partial charge in [-0.1, -0.05) is 0 Å². The van der Waals surface area contributed by atoms with Gasteiger partial charge in [0.25, 0.3) is 0 Å². The summed E-state index contributed by atoms with van der Waals surface area (Å²) in [6.45, 7) is 0. The normalized spacial score (nSPS) is 5.80. The van der Waals surface area contributed by atoms with Crippen molar-refractivity contribution >= 4 is 63.3 Å². The van der Waals surface area contributed by atoms with Crippen LogP contribution in [0.15, 0.2) is 0 Å². The van der Waals surface area contributed by atoms with Crippen molar-refractivity contribution in [2.75, 3.05) is 7.11 Å². The Morgan fingerprint density at radius 3 is 2.00 bits per heavy atom. The van der Waals surface area contributed by atoms with Gasteiger partial charge in [-0.3, -0.25) is 4.18 Å². The number of hydrogen-bond donors (Lipinski definition) is 1. The molecule has 0 saturated carbocycles. The fourth-order valence-corrected chi connectivity index (χ4v) is 0. The third-order valence-corrected chi connectivity index (χ3v) is 0.224. The monoisotopic (exact) mass is 120 g/mol. The molecule has 0 heterocycles. The van der Waals surface area contributed by atoms with Crippen LogP contribution in [0.4, 0.5) is 0 Å². The quantitative estimate of drug-likeness (QED) is 0.349. The van der Waals surface area contributed by atoms with Gasteiger partial charge < -0.3 is 0 Å². The van der Waals surface area contributed by atoms with Gasteiger partial charge in [0.15, 0.2) is 0 Å². The zero-order valence-electron chi connectivity index (χ0n) is 2.26. The average Bonchev–Trinajstić information content (AvgIpc) is 1.37. The Labute approximate surface area is 77.4 Å². The van der Waals surface area contributed by atoms with Gasteiger partial charge in [0.2, 0.25) is 0 Å². The Bertz CT molecular complexity index is 23.6. The molecule has 0 rings (SSSR count). The zero-order chi connectivity index (χ0) is 3.41. The first-order chi connectivity index (χ1) is 1.91. The van der Waals surface area contributed by atoms with Crippen LogP contribution < -0.4 is 0 Å². The van der Waals surface area contributed by atoms with Gasteiger partial charge >= 0.3 is 51.4 Å². The molecule has 0 fully saturated rings. The molecule has 0 aliphatic carbocycles. The van der Waals surface area contributed by atoms with E-state index < -0.39 is 0 Å². The summed E-state index contributed by atoms with van der Waals surface area (Å²) in [6.07, 6.45) is 0. The SMILES string of the molecule is CO[SH]=O.[KH]. The van der Waals surface area contributed by atoms with Crippen molar-refractivity contribution in [1.29, 1.82) is 0 Å². The molecule has 0 saturated heterocycles. The summed E-state index contributed by atoms with van der Waals surface area (Å²) in [7, 11) is 1.36. The molecule has 0 bridgehead atoms. The summed E-state index contributed by atoms with van der Waals surface area (Å²) in [5, 5.41) is 0.